The Kier molecular flexibility index (Phi) is 4.29. The lowest BCUT2D eigenvalue weighted by atomic mass is 10.0. The third kappa shape index (κ3) is 3.70. The van der Waals surface area contributed by atoms with Gasteiger partial charge in [0, 0.05) is 6.42 Å². The number of allylic oxidation sites excluding steroid dienone is 2. The van der Waals surface area contributed by atoms with Crippen LogP contribution < -0.4 is 0 Å². The molecule has 0 aromatic heterocycles. The second kappa shape index (κ2) is 5.50. The predicted octanol–water partition coefficient (Wildman–Crippen LogP) is 3.25. The van der Waals surface area contributed by atoms with E-state index in [2.05, 4.69) is 45.0 Å². The van der Waals surface area contributed by atoms with Gasteiger partial charge in [-0.05, 0) is 43.9 Å². The summed E-state index contributed by atoms with van der Waals surface area (Å²) in [5, 5.41) is 0. The fraction of sp³-hybridized carbons (Fsp3) is 0.357. The summed E-state index contributed by atoms with van der Waals surface area (Å²) in [6, 6.07) is 6.32. The number of benzene rings is 1. The first-order chi connectivity index (χ1) is 7.13. The Hall–Kier alpha value is -1.37. The minimum atomic E-state index is 0.523. The lowest BCUT2D eigenvalue weighted by molar-refractivity contribution is -0.107. The van der Waals surface area contributed by atoms with Crippen molar-refractivity contribution in [2.24, 2.45) is 0 Å². The molecule has 0 aliphatic heterocycles. The molecular formula is C14H18O. The molecule has 80 valence electrons. The summed E-state index contributed by atoms with van der Waals surface area (Å²) in [5.41, 5.74) is 4.99. The van der Waals surface area contributed by atoms with E-state index in [9.17, 15) is 4.79 Å². The maximum atomic E-state index is 10.4. The van der Waals surface area contributed by atoms with Crippen LogP contribution in [0.2, 0.25) is 0 Å². The van der Waals surface area contributed by atoms with Crippen LogP contribution in [-0.4, -0.2) is 6.29 Å². The van der Waals surface area contributed by atoms with E-state index in [4.69, 9.17) is 0 Å². The second-order valence-corrected chi connectivity index (χ2v) is 4.12. The number of aldehydes is 1. The Labute approximate surface area is 91.8 Å². The molecule has 0 saturated heterocycles. The SMILES string of the molecule is CC(C)=CCc1ccc(CC=O)c(C)c1. The molecule has 0 spiro atoms. The van der Waals surface area contributed by atoms with Crippen LogP contribution >= 0.6 is 0 Å². The normalized spacial score (nSPS) is 9.80. The zero-order valence-electron chi connectivity index (χ0n) is 9.71. The Morgan fingerprint density at radius 1 is 1.27 bits per heavy atom. The molecular weight excluding hydrogens is 184 g/mol. The molecule has 15 heavy (non-hydrogen) atoms. The van der Waals surface area contributed by atoms with Crippen LogP contribution in [0, 0.1) is 6.92 Å². The monoisotopic (exact) mass is 202 g/mol. The summed E-state index contributed by atoms with van der Waals surface area (Å²) >= 11 is 0. The molecule has 0 radical (unpaired) electrons. The van der Waals surface area contributed by atoms with Crippen LogP contribution in [0.5, 0.6) is 0 Å². The summed E-state index contributed by atoms with van der Waals surface area (Å²) in [7, 11) is 0. The second-order valence-electron chi connectivity index (χ2n) is 4.12. The predicted molar refractivity (Wildman–Crippen MR) is 64.1 cm³/mol. The highest BCUT2D eigenvalue weighted by Gasteiger charge is 1.98. The first kappa shape index (κ1) is 11.7. The molecule has 1 rings (SSSR count). The van der Waals surface area contributed by atoms with Crippen molar-refractivity contribution in [3.8, 4) is 0 Å². The van der Waals surface area contributed by atoms with Gasteiger partial charge in [-0.15, -0.1) is 0 Å². The molecule has 0 aliphatic carbocycles. The molecule has 1 aromatic rings. The van der Waals surface area contributed by atoms with E-state index in [1.54, 1.807) is 0 Å². The smallest absolute Gasteiger partial charge is 0.124 e. The summed E-state index contributed by atoms with van der Waals surface area (Å²) in [6.07, 6.45) is 4.67. The van der Waals surface area contributed by atoms with Crippen molar-refractivity contribution < 1.29 is 4.79 Å². The van der Waals surface area contributed by atoms with E-state index < -0.39 is 0 Å². The van der Waals surface area contributed by atoms with Crippen LogP contribution in [0.1, 0.15) is 30.5 Å². The van der Waals surface area contributed by atoms with Crippen LogP contribution in [0.25, 0.3) is 0 Å². The van der Waals surface area contributed by atoms with Gasteiger partial charge in [-0.1, -0.05) is 29.8 Å². The fourth-order valence-electron chi connectivity index (χ4n) is 1.53. The largest absolute Gasteiger partial charge is 0.303 e. The lowest BCUT2D eigenvalue weighted by Crippen LogP contribution is -1.92. The lowest BCUT2D eigenvalue weighted by Gasteiger charge is -2.04. The van der Waals surface area contributed by atoms with E-state index in [1.165, 1.54) is 16.7 Å². The molecule has 0 fully saturated rings. The maximum absolute atomic E-state index is 10.4. The van der Waals surface area contributed by atoms with Gasteiger partial charge in [0.1, 0.15) is 6.29 Å². The maximum Gasteiger partial charge on any atom is 0.124 e. The van der Waals surface area contributed by atoms with Crippen molar-refractivity contribution in [3.63, 3.8) is 0 Å². The average Bonchev–Trinajstić information content (AvgIpc) is 2.19. The van der Waals surface area contributed by atoms with Crippen LogP contribution in [0.4, 0.5) is 0 Å². The van der Waals surface area contributed by atoms with Gasteiger partial charge in [-0.2, -0.15) is 0 Å². The van der Waals surface area contributed by atoms with Crippen molar-refractivity contribution in [2.75, 3.05) is 0 Å². The van der Waals surface area contributed by atoms with Gasteiger partial charge in [-0.25, -0.2) is 0 Å². The van der Waals surface area contributed by atoms with E-state index in [1.807, 2.05) is 0 Å². The number of hydrogen-bond acceptors (Lipinski definition) is 1. The zero-order chi connectivity index (χ0) is 11.3. The molecule has 0 atom stereocenters. The summed E-state index contributed by atoms with van der Waals surface area (Å²) < 4.78 is 0. The Balaban J connectivity index is 2.81. The topological polar surface area (TPSA) is 17.1 Å². The molecule has 0 unspecified atom stereocenters. The van der Waals surface area contributed by atoms with Gasteiger partial charge in [0.15, 0.2) is 0 Å². The van der Waals surface area contributed by atoms with Crippen molar-refractivity contribution in [1.82, 2.24) is 0 Å². The van der Waals surface area contributed by atoms with E-state index in [0.717, 1.165) is 18.3 Å². The van der Waals surface area contributed by atoms with Gasteiger partial charge in [0.2, 0.25) is 0 Å². The molecule has 0 bridgehead atoms. The first-order valence-corrected chi connectivity index (χ1v) is 5.29. The van der Waals surface area contributed by atoms with Gasteiger partial charge in [-0.3, -0.25) is 0 Å². The molecule has 0 heterocycles. The Morgan fingerprint density at radius 2 is 2.00 bits per heavy atom. The average molecular weight is 202 g/mol. The summed E-state index contributed by atoms with van der Waals surface area (Å²) in [4.78, 5) is 10.4. The van der Waals surface area contributed by atoms with Crippen LogP contribution in [-0.2, 0) is 17.6 Å². The quantitative estimate of drug-likeness (QED) is 0.541. The molecule has 1 nitrogen and oxygen atoms in total. The van der Waals surface area contributed by atoms with E-state index >= 15 is 0 Å². The number of hydrogen-bond donors (Lipinski definition) is 0. The number of carbonyl (C=O) groups is 1. The fourth-order valence-corrected chi connectivity index (χ4v) is 1.53. The minimum absolute atomic E-state index is 0.523. The van der Waals surface area contributed by atoms with E-state index in [0.29, 0.717) is 6.42 Å². The van der Waals surface area contributed by atoms with Crippen LogP contribution in [0.3, 0.4) is 0 Å². The molecule has 0 N–H and O–H groups in total. The zero-order valence-corrected chi connectivity index (χ0v) is 9.71. The van der Waals surface area contributed by atoms with Crippen molar-refractivity contribution >= 4 is 6.29 Å². The van der Waals surface area contributed by atoms with Crippen molar-refractivity contribution in [2.45, 2.75) is 33.6 Å². The van der Waals surface area contributed by atoms with Crippen molar-refractivity contribution in [1.29, 1.82) is 0 Å². The number of rotatable bonds is 4. The van der Waals surface area contributed by atoms with Gasteiger partial charge >= 0.3 is 0 Å². The van der Waals surface area contributed by atoms with Crippen LogP contribution in [0.15, 0.2) is 29.8 Å². The summed E-state index contributed by atoms with van der Waals surface area (Å²) in [5.74, 6) is 0. The van der Waals surface area contributed by atoms with Gasteiger partial charge in [0.05, 0.1) is 0 Å². The third-order valence-corrected chi connectivity index (χ3v) is 2.46. The highest BCUT2D eigenvalue weighted by Crippen LogP contribution is 2.12. The highest BCUT2D eigenvalue weighted by atomic mass is 16.1. The molecule has 1 aromatic carbocycles. The Bertz CT molecular complexity index is 371. The molecule has 0 aliphatic rings. The molecule has 0 saturated carbocycles. The molecule has 1 heteroatoms. The molecule has 0 amide bonds. The minimum Gasteiger partial charge on any atom is -0.303 e. The standard InChI is InChI=1S/C14H18O/c1-11(2)4-5-13-6-7-14(8-9-15)12(3)10-13/h4,6-7,9-10H,5,8H2,1-3H3. The highest BCUT2D eigenvalue weighted by molar-refractivity contribution is 5.56. The van der Waals surface area contributed by atoms with Crippen molar-refractivity contribution in [3.05, 3.63) is 46.5 Å². The first-order valence-electron chi connectivity index (χ1n) is 5.29. The van der Waals surface area contributed by atoms with E-state index in [-0.39, 0.29) is 0 Å². The van der Waals surface area contributed by atoms with Gasteiger partial charge in [0.25, 0.3) is 0 Å². The van der Waals surface area contributed by atoms with Gasteiger partial charge < -0.3 is 4.79 Å². The third-order valence-electron chi connectivity index (χ3n) is 2.46. The number of carbonyl (C=O) groups excluding carboxylic acids is 1. The number of aryl methyl sites for hydroxylation is 1. The summed E-state index contributed by atoms with van der Waals surface area (Å²) in [6.45, 7) is 6.27. The Morgan fingerprint density at radius 3 is 2.53 bits per heavy atom.